The van der Waals surface area contributed by atoms with E-state index >= 15 is 0 Å². The zero-order valence-electron chi connectivity index (χ0n) is 11.4. The van der Waals surface area contributed by atoms with E-state index < -0.39 is 11.5 Å². The fraction of sp³-hybridized carbons (Fsp3) is 0.533. The first-order valence-corrected chi connectivity index (χ1v) is 5.98. The van der Waals surface area contributed by atoms with E-state index in [0.717, 1.165) is 16.7 Å². The van der Waals surface area contributed by atoms with Crippen LogP contribution in [-0.4, -0.2) is 17.0 Å². The maximum atomic E-state index is 12.0. The molecule has 1 N–H and O–H groups in total. The van der Waals surface area contributed by atoms with Gasteiger partial charge < -0.3 is 5.11 Å². The zero-order valence-corrected chi connectivity index (χ0v) is 11.4. The average molecular weight is 234 g/mol. The lowest BCUT2D eigenvalue weighted by Gasteiger charge is -2.24. The number of carbonyl (C=O) groups is 1. The molecule has 0 aliphatic rings. The summed E-state index contributed by atoms with van der Waals surface area (Å²) in [5, 5.41) is 9.93. The minimum Gasteiger partial charge on any atom is -0.385 e. The number of hydrogen-bond donors (Lipinski definition) is 1. The van der Waals surface area contributed by atoms with Gasteiger partial charge in [0.1, 0.15) is 6.10 Å². The second-order valence-electron chi connectivity index (χ2n) is 5.84. The van der Waals surface area contributed by atoms with Crippen molar-refractivity contribution in [2.24, 2.45) is 5.41 Å². The number of benzene rings is 1. The molecule has 0 aromatic heterocycles. The van der Waals surface area contributed by atoms with Crippen LogP contribution in [0.1, 0.15) is 37.5 Å². The van der Waals surface area contributed by atoms with E-state index in [-0.39, 0.29) is 5.78 Å². The third kappa shape index (κ3) is 3.67. The van der Waals surface area contributed by atoms with Crippen LogP contribution >= 0.6 is 0 Å². The highest BCUT2D eigenvalue weighted by Crippen LogP contribution is 2.22. The van der Waals surface area contributed by atoms with Crippen molar-refractivity contribution in [3.63, 3.8) is 0 Å². The molecule has 0 radical (unpaired) electrons. The van der Waals surface area contributed by atoms with Gasteiger partial charge in [-0.15, -0.1) is 0 Å². The van der Waals surface area contributed by atoms with E-state index in [1.54, 1.807) is 0 Å². The van der Waals surface area contributed by atoms with Crippen molar-refractivity contribution in [2.45, 2.75) is 47.1 Å². The Morgan fingerprint density at radius 3 is 2.41 bits per heavy atom. The van der Waals surface area contributed by atoms with Crippen molar-refractivity contribution in [3.8, 4) is 0 Å². The van der Waals surface area contributed by atoms with Crippen LogP contribution in [0, 0.1) is 19.3 Å². The molecule has 1 unspecified atom stereocenters. The molecular formula is C15H22O2. The van der Waals surface area contributed by atoms with Crippen LogP contribution in [0.15, 0.2) is 18.2 Å². The Morgan fingerprint density at radius 1 is 1.29 bits per heavy atom. The molecular weight excluding hydrogens is 212 g/mol. The summed E-state index contributed by atoms with van der Waals surface area (Å²) in [5.41, 5.74) is 2.86. The van der Waals surface area contributed by atoms with E-state index in [4.69, 9.17) is 0 Å². The molecule has 94 valence electrons. The Hall–Kier alpha value is -1.15. The monoisotopic (exact) mass is 234 g/mol. The number of Topliss-reactive ketones (excluding diaryl/α,β-unsaturated/α-hetero) is 1. The van der Waals surface area contributed by atoms with Crippen LogP contribution in [0.25, 0.3) is 0 Å². The number of aliphatic hydroxyl groups excluding tert-OH is 1. The van der Waals surface area contributed by atoms with Crippen LogP contribution in [0.4, 0.5) is 0 Å². The molecule has 0 saturated heterocycles. The van der Waals surface area contributed by atoms with Crippen molar-refractivity contribution in [1.82, 2.24) is 0 Å². The lowest BCUT2D eigenvalue weighted by molar-refractivity contribution is -0.131. The smallest absolute Gasteiger partial charge is 0.166 e. The largest absolute Gasteiger partial charge is 0.385 e. The molecule has 1 aromatic carbocycles. The van der Waals surface area contributed by atoms with Crippen molar-refractivity contribution < 1.29 is 9.90 Å². The Bertz CT molecular complexity index is 413. The van der Waals surface area contributed by atoms with Gasteiger partial charge in [-0.3, -0.25) is 4.79 Å². The molecule has 0 amide bonds. The molecule has 17 heavy (non-hydrogen) atoms. The van der Waals surface area contributed by atoms with Gasteiger partial charge in [0.15, 0.2) is 5.78 Å². The lowest BCUT2D eigenvalue weighted by Crippen LogP contribution is -2.35. The van der Waals surface area contributed by atoms with E-state index in [1.807, 2.05) is 52.8 Å². The molecule has 0 aliphatic heterocycles. The zero-order chi connectivity index (χ0) is 13.2. The number of aliphatic hydroxyl groups is 1. The molecule has 0 fully saturated rings. The predicted molar refractivity (Wildman–Crippen MR) is 70.1 cm³/mol. The van der Waals surface area contributed by atoms with E-state index in [1.165, 1.54) is 0 Å². The predicted octanol–water partition coefficient (Wildman–Crippen LogP) is 2.82. The molecule has 0 saturated carbocycles. The second-order valence-corrected chi connectivity index (χ2v) is 5.84. The summed E-state index contributed by atoms with van der Waals surface area (Å²) in [5.74, 6) is -0.105. The van der Waals surface area contributed by atoms with Crippen molar-refractivity contribution >= 4 is 5.78 Å². The van der Waals surface area contributed by atoms with Crippen molar-refractivity contribution in [3.05, 3.63) is 34.9 Å². The Morgan fingerprint density at radius 2 is 1.88 bits per heavy atom. The standard InChI is InChI=1S/C15H22O2/c1-10-6-7-11(2)12(8-10)9-13(16)14(17)15(3,4)5/h6-8,14,17H,9H2,1-5H3. The highest BCUT2D eigenvalue weighted by Gasteiger charge is 2.28. The number of rotatable bonds is 3. The van der Waals surface area contributed by atoms with Crippen molar-refractivity contribution in [1.29, 1.82) is 0 Å². The van der Waals surface area contributed by atoms with Gasteiger partial charge in [-0.05, 0) is 30.4 Å². The highest BCUT2D eigenvalue weighted by molar-refractivity contribution is 5.86. The van der Waals surface area contributed by atoms with Gasteiger partial charge in [-0.2, -0.15) is 0 Å². The molecule has 2 heteroatoms. The Kier molecular flexibility index (Phi) is 4.10. The first-order chi connectivity index (χ1) is 7.71. The van der Waals surface area contributed by atoms with Gasteiger partial charge in [0.05, 0.1) is 0 Å². The molecule has 1 rings (SSSR count). The third-order valence-corrected chi connectivity index (χ3v) is 2.99. The van der Waals surface area contributed by atoms with E-state index in [0.29, 0.717) is 6.42 Å². The quantitative estimate of drug-likeness (QED) is 0.873. The third-order valence-electron chi connectivity index (χ3n) is 2.99. The van der Waals surface area contributed by atoms with E-state index in [9.17, 15) is 9.90 Å². The topological polar surface area (TPSA) is 37.3 Å². The van der Waals surface area contributed by atoms with Crippen LogP contribution in [-0.2, 0) is 11.2 Å². The summed E-state index contributed by atoms with van der Waals surface area (Å²) >= 11 is 0. The Labute approximate surface area is 104 Å². The molecule has 0 heterocycles. The summed E-state index contributed by atoms with van der Waals surface area (Å²) in [6, 6.07) is 6.06. The minimum atomic E-state index is -0.901. The fourth-order valence-corrected chi connectivity index (χ4v) is 1.76. The van der Waals surface area contributed by atoms with Crippen LogP contribution in [0.2, 0.25) is 0 Å². The highest BCUT2D eigenvalue weighted by atomic mass is 16.3. The van der Waals surface area contributed by atoms with Crippen molar-refractivity contribution in [2.75, 3.05) is 0 Å². The maximum Gasteiger partial charge on any atom is 0.166 e. The number of carbonyl (C=O) groups excluding carboxylic acids is 1. The van der Waals surface area contributed by atoms with Gasteiger partial charge >= 0.3 is 0 Å². The van der Waals surface area contributed by atoms with Gasteiger partial charge in [0.2, 0.25) is 0 Å². The van der Waals surface area contributed by atoms with Gasteiger partial charge in [-0.25, -0.2) is 0 Å². The summed E-state index contributed by atoms with van der Waals surface area (Å²) in [4.78, 5) is 12.0. The summed E-state index contributed by atoms with van der Waals surface area (Å²) in [6.07, 6.45) is -0.589. The lowest BCUT2D eigenvalue weighted by atomic mass is 9.84. The minimum absolute atomic E-state index is 0.105. The number of hydrogen-bond acceptors (Lipinski definition) is 2. The number of ketones is 1. The SMILES string of the molecule is Cc1ccc(C)c(CC(=O)C(O)C(C)(C)C)c1. The molecule has 0 bridgehead atoms. The van der Waals surface area contributed by atoms with Crippen LogP contribution < -0.4 is 0 Å². The van der Waals surface area contributed by atoms with Gasteiger partial charge in [0.25, 0.3) is 0 Å². The summed E-state index contributed by atoms with van der Waals surface area (Å²) in [6.45, 7) is 9.62. The van der Waals surface area contributed by atoms with E-state index in [2.05, 4.69) is 0 Å². The molecule has 0 aliphatic carbocycles. The van der Waals surface area contributed by atoms with Gasteiger partial charge in [-0.1, -0.05) is 44.5 Å². The van der Waals surface area contributed by atoms with Crippen LogP contribution in [0.5, 0.6) is 0 Å². The first-order valence-electron chi connectivity index (χ1n) is 5.98. The molecule has 1 atom stereocenters. The fourth-order valence-electron chi connectivity index (χ4n) is 1.76. The molecule has 2 nitrogen and oxygen atoms in total. The second kappa shape index (κ2) is 5.01. The first kappa shape index (κ1) is 13.9. The average Bonchev–Trinajstić information content (AvgIpc) is 2.21. The maximum absolute atomic E-state index is 12.0. The van der Waals surface area contributed by atoms with Gasteiger partial charge in [0, 0.05) is 6.42 Å². The normalized spacial score (nSPS) is 13.5. The van der Waals surface area contributed by atoms with Crippen LogP contribution in [0.3, 0.4) is 0 Å². The number of aryl methyl sites for hydroxylation is 2. The molecule has 1 aromatic rings. The Balaban J connectivity index is 2.85. The molecule has 0 spiro atoms. The summed E-state index contributed by atoms with van der Waals surface area (Å²) in [7, 11) is 0. The summed E-state index contributed by atoms with van der Waals surface area (Å²) < 4.78 is 0.